The first-order valence-electron chi connectivity index (χ1n) is 7.35. The van der Waals surface area contributed by atoms with Gasteiger partial charge in [0.05, 0.1) is 31.2 Å². The molecule has 6 heteroatoms. The van der Waals surface area contributed by atoms with Crippen LogP contribution in [0.25, 0.3) is 0 Å². The molecule has 1 aromatic carbocycles. The second-order valence-electron chi connectivity index (χ2n) is 5.85. The zero-order valence-electron chi connectivity index (χ0n) is 12.5. The van der Waals surface area contributed by atoms with E-state index >= 15 is 0 Å². The van der Waals surface area contributed by atoms with E-state index in [9.17, 15) is 14.7 Å². The van der Waals surface area contributed by atoms with Crippen LogP contribution in [0.4, 0.5) is 5.69 Å². The summed E-state index contributed by atoms with van der Waals surface area (Å²) < 4.78 is 10.8. The van der Waals surface area contributed by atoms with E-state index in [4.69, 9.17) is 9.47 Å². The predicted octanol–water partition coefficient (Wildman–Crippen LogP) is 1.82. The van der Waals surface area contributed by atoms with Crippen molar-refractivity contribution in [2.24, 2.45) is 11.8 Å². The maximum atomic E-state index is 12.5. The monoisotopic (exact) mass is 305 g/mol. The Balaban J connectivity index is 1.78. The van der Waals surface area contributed by atoms with E-state index in [1.807, 2.05) is 13.0 Å². The van der Waals surface area contributed by atoms with Crippen molar-refractivity contribution in [3.63, 3.8) is 0 Å². The SMILES string of the molecule is COc1ccc(NC(=O)[C@@H]2[C@@H](C(=O)O)[C@@H]3CC[C@@H]2O3)c(C)c1. The van der Waals surface area contributed by atoms with Gasteiger partial charge in [-0.05, 0) is 43.5 Å². The lowest BCUT2D eigenvalue weighted by Gasteiger charge is -2.24. The molecule has 2 N–H and O–H groups in total. The minimum atomic E-state index is -0.959. The van der Waals surface area contributed by atoms with Crippen molar-refractivity contribution in [3.8, 4) is 5.75 Å². The number of ether oxygens (including phenoxy) is 2. The fourth-order valence-electron chi connectivity index (χ4n) is 3.44. The van der Waals surface area contributed by atoms with E-state index in [0.717, 1.165) is 12.0 Å². The number of hydrogen-bond donors (Lipinski definition) is 2. The van der Waals surface area contributed by atoms with E-state index in [1.165, 1.54) is 0 Å². The number of aryl methyl sites for hydroxylation is 1. The molecule has 2 fully saturated rings. The molecule has 2 aliphatic rings. The molecule has 118 valence electrons. The van der Waals surface area contributed by atoms with Gasteiger partial charge in [0.15, 0.2) is 0 Å². The number of carbonyl (C=O) groups excluding carboxylic acids is 1. The minimum Gasteiger partial charge on any atom is -0.497 e. The molecule has 6 nitrogen and oxygen atoms in total. The highest BCUT2D eigenvalue weighted by Gasteiger charge is 2.55. The Labute approximate surface area is 128 Å². The van der Waals surface area contributed by atoms with Crippen molar-refractivity contribution >= 4 is 17.6 Å². The average Bonchev–Trinajstić information content (AvgIpc) is 3.09. The summed E-state index contributed by atoms with van der Waals surface area (Å²) >= 11 is 0. The molecule has 0 radical (unpaired) electrons. The Bertz CT molecular complexity index is 615. The number of aliphatic carboxylic acids is 1. The number of rotatable bonds is 4. The maximum Gasteiger partial charge on any atom is 0.310 e. The van der Waals surface area contributed by atoms with Crippen LogP contribution in [0.5, 0.6) is 5.75 Å². The molecule has 0 saturated carbocycles. The van der Waals surface area contributed by atoms with E-state index < -0.39 is 17.8 Å². The summed E-state index contributed by atoms with van der Waals surface area (Å²) in [5, 5.41) is 12.2. The number of hydrogen-bond acceptors (Lipinski definition) is 4. The van der Waals surface area contributed by atoms with E-state index in [2.05, 4.69) is 5.32 Å². The maximum absolute atomic E-state index is 12.5. The Kier molecular flexibility index (Phi) is 3.78. The van der Waals surface area contributed by atoms with Crippen molar-refractivity contribution in [1.29, 1.82) is 0 Å². The molecular weight excluding hydrogens is 286 g/mol. The first-order valence-corrected chi connectivity index (χ1v) is 7.35. The first kappa shape index (κ1) is 14.8. The van der Waals surface area contributed by atoms with Crippen molar-refractivity contribution in [2.45, 2.75) is 32.0 Å². The molecule has 2 saturated heterocycles. The molecule has 0 aliphatic carbocycles. The number of anilines is 1. The lowest BCUT2D eigenvalue weighted by molar-refractivity contribution is -0.147. The first-order chi connectivity index (χ1) is 10.5. The number of methoxy groups -OCH3 is 1. The largest absolute Gasteiger partial charge is 0.497 e. The topological polar surface area (TPSA) is 84.9 Å². The van der Waals surface area contributed by atoms with Crippen LogP contribution in [0.15, 0.2) is 18.2 Å². The predicted molar refractivity (Wildman–Crippen MR) is 78.9 cm³/mol. The molecule has 4 atom stereocenters. The highest BCUT2D eigenvalue weighted by atomic mass is 16.5. The molecule has 0 spiro atoms. The second-order valence-corrected chi connectivity index (χ2v) is 5.85. The van der Waals surface area contributed by atoms with Crippen molar-refractivity contribution in [2.75, 3.05) is 12.4 Å². The van der Waals surface area contributed by atoms with E-state index in [1.54, 1.807) is 19.2 Å². The zero-order chi connectivity index (χ0) is 15.9. The Morgan fingerprint density at radius 2 is 1.95 bits per heavy atom. The molecule has 0 aromatic heterocycles. The van der Waals surface area contributed by atoms with Gasteiger partial charge in [-0.2, -0.15) is 0 Å². The number of fused-ring (bicyclic) bond motifs is 2. The van der Waals surface area contributed by atoms with Gasteiger partial charge in [0.1, 0.15) is 5.75 Å². The smallest absolute Gasteiger partial charge is 0.310 e. The Morgan fingerprint density at radius 3 is 2.55 bits per heavy atom. The van der Waals surface area contributed by atoms with Gasteiger partial charge in [-0.25, -0.2) is 0 Å². The summed E-state index contributed by atoms with van der Waals surface area (Å²) in [6.07, 6.45) is 0.834. The third kappa shape index (κ3) is 2.43. The lowest BCUT2D eigenvalue weighted by Crippen LogP contribution is -2.41. The van der Waals surface area contributed by atoms with Crippen LogP contribution in [0, 0.1) is 18.8 Å². The lowest BCUT2D eigenvalue weighted by atomic mass is 9.78. The number of nitrogens with one attached hydrogen (secondary N) is 1. The van der Waals surface area contributed by atoms with Crippen LogP contribution >= 0.6 is 0 Å². The van der Waals surface area contributed by atoms with Gasteiger partial charge in [0.25, 0.3) is 0 Å². The van der Waals surface area contributed by atoms with Crippen LogP contribution in [0.3, 0.4) is 0 Å². The number of carboxylic acid groups (broad SMARTS) is 1. The van der Waals surface area contributed by atoms with Crippen LogP contribution in [0.1, 0.15) is 18.4 Å². The van der Waals surface area contributed by atoms with Gasteiger partial charge < -0.3 is 19.9 Å². The quantitative estimate of drug-likeness (QED) is 0.886. The average molecular weight is 305 g/mol. The summed E-state index contributed by atoms with van der Waals surface area (Å²) in [5.74, 6) is -1.91. The van der Waals surface area contributed by atoms with E-state index in [0.29, 0.717) is 17.9 Å². The zero-order valence-corrected chi connectivity index (χ0v) is 12.5. The number of carbonyl (C=O) groups is 2. The van der Waals surface area contributed by atoms with E-state index in [-0.39, 0.29) is 18.1 Å². The van der Waals surface area contributed by atoms with Crippen molar-refractivity contribution < 1.29 is 24.2 Å². The molecule has 1 amide bonds. The Morgan fingerprint density at radius 1 is 1.27 bits per heavy atom. The van der Waals surface area contributed by atoms with Gasteiger partial charge in [0, 0.05) is 5.69 Å². The summed E-state index contributed by atoms with van der Waals surface area (Å²) in [6, 6.07) is 5.34. The van der Waals surface area contributed by atoms with Crippen LogP contribution in [-0.2, 0) is 14.3 Å². The third-order valence-electron chi connectivity index (χ3n) is 4.55. The van der Waals surface area contributed by atoms with Crippen molar-refractivity contribution in [1.82, 2.24) is 0 Å². The summed E-state index contributed by atoms with van der Waals surface area (Å²) in [5.41, 5.74) is 1.53. The minimum absolute atomic E-state index is 0.284. The third-order valence-corrected chi connectivity index (χ3v) is 4.55. The van der Waals surface area contributed by atoms with Gasteiger partial charge in [-0.1, -0.05) is 0 Å². The molecule has 2 bridgehead atoms. The van der Waals surface area contributed by atoms with Gasteiger partial charge in [-0.15, -0.1) is 0 Å². The Hall–Kier alpha value is -2.08. The highest BCUT2D eigenvalue weighted by Crippen LogP contribution is 2.44. The van der Waals surface area contributed by atoms with Crippen LogP contribution in [0.2, 0.25) is 0 Å². The standard InChI is InChI=1S/C16H19NO5/c1-8-7-9(21-2)3-4-10(8)17-15(18)13-11-5-6-12(22-11)14(13)16(19)20/h3-4,7,11-14H,5-6H2,1-2H3,(H,17,18)(H,19,20)/t11-,12-,13-,14-/m0/s1. The molecular formula is C16H19NO5. The van der Waals surface area contributed by atoms with Crippen LogP contribution < -0.4 is 10.1 Å². The fourth-order valence-corrected chi connectivity index (χ4v) is 3.44. The summed E-state index contributed by atoms with van der Waals surface area (Å²) in [7, 11) is 1.58. The summed E-state index contributed by atoms with van der Waals surface area (Å²) in [6.45, 7) is 1.87. The van der Waals surface area contributed by atoms with Gasteiger partial charge in [-0.3, -0.25) is 9.59 Å². The molecule has 2 aliphatic heterocycles. The number of carboxylic acids is 1. The highest BCUT2D eigenvalue weighted by molar-refractivity contribution is 5.96. The molecule has 22 heavy (non-hydrogen) atoms. The second kappa shape index (κ2) is 5.61. The molecule has 2 heterocycles. The molecule has 3 rings (SSSR count). The fraction of sp³-hybridized carbons (Fsp3) is 0.500. The number of amides is 1. The van der Waals surface area contributed by atoms with Gasteiger partial charge >= 0.3 is 5.97 Å². The molecule has 1 aromatic rings. The van der Waals surface area contributed by atoms with Gasteiger partial charge in [0.2, 0.25) is 5.91 Å². The normalized spacial score (nSPS) is 29.4. The molecule has 0 unspecified atom stereocenters. The summed E-state index contributed by atoms with van der Waals surface area (Å²) in [4.78, 5) is 24.0. The number of benzene rings is 1. The van der Waals surface area contributed by atoms with Crippen molar-refractivity contribution in [3.05, 3.63) is 23.8 Å². The van der Waals surface area contributed by atoms with Crippen LogP contribution in [-0.4, -0.2) is 36.3 Å².